The van der Waals surface area contributed by atoms with Crippen LogP contribution in [0.4, 0.5) is 5.69 Å². The van der Waals surface area contributed by atoms with Gasteiger partial charge in [0.1, 0.15) is 11.3 Å². The molecule has 4 N–H and O–H groups in total. The van der Waals surface area contributed by atoms with Crippen LogP contribution in [0.2, 0.25) is 0 Å². The van der Waals surface area contributed by atoms with Gasteiger partial charge in [0.15, 0.2) is 0 Å². The summed E-state index contributed by atoms with van der Waals surface area (Å²) in [5.41, 5.74) is 3.38. The molecular weight excluding hydrogens is 392 g/mol. The lowest BCUT2D eigenvalue weighted by Crippen LogP contribution is -2.35. The molecule has 0 spiro atoms. The first-order valence-corrected chi connectivity index (χ1v) is 8.73. The van der Waals surface area contributed by atoms with E-state index in [0.717, 1.165) is 16.5 Å². The van der Waals surface area contributed by atoms with Crippen molar-refractivity contribution in [3.63, 3.8) is 0 Å². The normalized spacial score (nSPS) is 14.3. The van der Waals surface area contributed by atoms with E-state index in [9.17, 15) is 9.59 Å². The summed E-state index contributed by atoms with van der Waals surface area (Å²) in [6, 6.07) is 11.7. The molecule has 1 aliphatic rings. The Kier molecular flexibility index (Phi) is 5.94. The van der Waals surface area contributed by atoms with Gasteiger partial charge in [-0.05, 0) is 17.7 Å². The van der Waals surface area contributed by atoms with Gasteiger partial charge in [-0.1, -0.05) is 30.3 Å². The second-order valence-corrected chi connectivity index (χ2v) is 6.33. The number of hydrogen-bond donors (Lipinski definition) is 4. The molecule has 4 rings (SSSR count). The summed E-state index contributed by atoms with van der Waals surface area (Å²) in [4.78, 5) is 35.2. The van der Waals surface area contributed by atoms with Crippen LogP contribution in [0.3, 0.4) is 0 Å². The number of hydrogen-bond acceptors (Lipinski definition) is 5. The van der Waals surface area contributed by atoms with E-state index in [-0.39, 0.29) is 24.2 Å². The predicted octanol–water partition coefficient (Wildman–Crippen LogP) is 2.56. The Morgan fingerprint density at radius 3 is 2.79 bits per heavy atom. The van der Waals surface area contributed by atoms with Crippen molar-refractivity contribution in [1.82, 2.24) is 20.6 Å². The van der Waals surface area contributed by atoms with Crippen LogP contribution in [0.1, 0.15) is 18.1 Å². The molecule has 3 aromatic rings. The first-order valence-electron chi connectivity index (χ1n) is 8.73. The van der Waals surface area contributed by atoms with Crippen LogP contribution in [0.5, 0.6) is 0 Å². The molecular formula is C20H19ClN6O2. The van der Waals surface area contributed by atoms with E-state index in [0.29, 0.717) is 29.5 Å². The highest BCUT2D eigenvalue weighted by atomic mass is 35.5. The van der Waals surface area contributed by atoms with E-state index in [1.807, 2.05) is 30.3 Å². The third-order valence-corrected chi connectivity index (χ3v) is 4.18. The number of halogens is 1. The van der Waals surface area contributed by atoms with E-state index in [1.165, 1.54) is 6.92 Å². The number of pyridine rings is 1. The summed E-state index contributed by atoms with van der Waals surface area (Å²) in [6.07, 6.45) is 5.01. The lowest BCUT2D eigenvalue weighted by atomic mass is 10.2. The van der Waals surface area contributed by atoms with Crippen molar-refractivity contribution >= 4 is 53.0 Å². The zero-order valence-electron chi connectivity index (χ0n) is 15.5. The fourth-order valence-electron chi connectivity index (χ4n) is 2.90. The van der Waals surface area contributed by atoms with E-state index < -0.39 is 0 Å². The minimum absolute atomic E-state index is 0. The van der Waals surface area contributed by atoms with E-state index in [2.05, 4.69) is 30.9 Å². The Bertz CT molecular complexity index is 1120. The molecule has 0 saturated heterocycles. The average Bonchev–Trinajstić information content (AvgIpc) is 3.24. The molecule has 0 radical (unpaired) electrons. The molecule has 29 heavy (non-hydrogen) atoms. The Labute approximate surface area is 172 Å². The number of nitrogens with one attached hydrogen (secondary N) is 4. The molecule has 0 unspecified atom stereocenters. The van der Waals surface area contributed by atoms with E-state index >= 15 is 0 Å². The fourth-order valence-corrected chi connectivity index (χ4v) is 2.90. The number of benzene rings is 1. The first kappa shape index (κ1) is 20.1. The van der Waals surface area contributed by atoms with Gasteiger partial charge in [0, 0.05) is 30.6 Å². The van der Waals surface area contributed by atoms with E-state index in [4.69, 9.17) is 0 Å². The number of fused-ring (bicyclic) bond motifs is 1. The van der Waals surface area contributed by atoms with Crippen LogP contribution in [0.25, 0.3) is 17.1 Å². The van der Waals surface area contributed by atoms with Crippen molar-refractivity contribution in [2.75, 3.05) is 5.32 Å². The standard InChI is InChI=1S/C20H18N6O2.ClH/c1-12(27)24-15-8-16-14(10-21-18(16)22-11-15)7-17-19(28)26-20(25-17)23-9-13-5-3-2-4-6-13;/h2-8,10-11H,9H2,1H3,(H,21,22)(H,24,27)(H2,23,25,26,28);1H. The zero-order chi connectivity index (χ0) is 19.5. The van der Waals surface area contributed by atoms with E-state index in [1.54, 1.807) is 24.5 Å². The highest BCUT2D eigenvalue weighted by Crippen LogP contribution is 2.23. The van der Waals surface area contributed by atoms with Crippen molar-refractivity contribution in [3.05, 3.63) is 65.6 Å². The topological polar surface area (TPSA) is 111 Å². The minimum atomic E-state index is -0.282. The molecule has 0 bridgehead atoms. The molecule has 0 aliphatic carbocycles. The highest BCUT2D eigenvalue weighted by Gasteiger charge is 2.20. The maximum absolute atomic E-state index is 12.3. The molecule has 0 saturated carbocycles. The molecule has 1 aliphatic heterocycles. The SMILES string of the molecule is CC(=O)Nc1cnc2[nH]cc(C=C3N=C(NCc4ccccc4)NC3=O)c2c1.Cl. The van der Waals surface area contributed by atoms with Gasteiger partial charge in [-0.2, -0.15) is 0 Å². The van der Waals surface area contributed by atoms with Crippen molar-refractivity contribution in [1.29, 1.82) is 0 Å². The van der Waals surface area contributed by atoms with Crippen molar-refractivity contribution in [2.24, 2.45) is 4.99 Å². The van der Waals surface area contributed by atoms with Gasteiger partial charge in [0.25, 0.3) is 5.91 Å². The predicted molar refractivity (Wildman–Crippen MR) is 114 cm³/mol. The molecule has 2 aromatic heterocycles. The third-order valence-electron chi connectivity index (χ3n) is 4.18. The monoisotopic (exact) mass is 410 g/mol. The van der Waals surface area contributed by atoms with Crippen LogP contribution in [-0.2, 0) is 16.1 Å². The van der Waals surface area contributed by atoms with Gasteiger partial charge in [-0.3, -0.25) is 14.9 Å². The second kappa shape index (κ2) is 8.57. The molecule has 2 amide bonds. The average molecular weight is 411 g/mol. The zero-order valence-corrected chi connectivity index (χ0v) is 16.3. The Morgan fingerprint density at radius 1 is 1.24 bits per heavy atom. The van der Waals surface area contributed by atoms with Gasteiger partial charge in [0.05, 0.1) is 11.9 Å². The van der Waals surface area contributed by atoms with Gasteiger partial charge in [-0.15, -0.1) is 12.4 Å². The smallest absolute Gasteiger partial charge is 0.276 e. The van der Waals surface area contributed by atoms with Crippen LogP contribution in [-0.4, -0.2) is 27.7 Å². The Morgan fingerprint density at radius 2 is 2.03 bits per heavy atom. The lowest BCUT2D eigenvalue weighted by molar-refractivity contribution is -0.116. The number of H-pyrrole nitrogens is 1. The fraction of sp³-hybridized carbons (Fsp3) is 0.100. The summed E-state index contributed by atoms with van der Waals surface area (Å²) in [5, 5.41) is 9.32. The van der Waals surface area contributed by atoms with Gasteiger partial charge in [0.2, 0.25) is 11.9 Å². The van der Waals surface area contributed by atoms with Crippen molar-refractivity contribution in [2.45, 2.75) is 13.5 Å². The Balaban J connectivity index is 0.00000240. The summed E-state index contributed by atoms with van der Waals surface area (Å²) < 4.78 is 0. The molecule has 1 aromatic carbocycles. The van der Waals surface area contributed by atoms with Crippen LogP contribution in [0.15, 0.2) is 59.5 Å². The number of aliphatic imine (C=N–C) groups is 1. The number of carbonyl (C=O) groups excluding carboxylic acids is 2. The van der Waals surface area contributed by atoms with Crippen molar-refractivity contribution < 1.29 is 9.59 Å². The third kappa shape index (κ3) is 4.61. The van der Waals surface area contributed by atoms with Crippen LogP contribution in [0, 0.1) is 0 Å². The summed E-state index contributed by atoms with van der Waals surface area (Å²) >= 11 is 0. The largest absolute Gasteiger partial charge is 0.352 e. The quantitative estimate of drug-likeness (QED) is 0.495. The maximum Gasteiger partial charge on any atom is 0.276 e. The molecule has 8 nitrogen and oxygen atoms in total. The Hall–Kier alpha value is -3.65. The molecule has 0 fully saturated rings. The minimum Gasteiger partial charge on any atom is -0.352 e. The summed E-state index contributed by atoms with van der Waals surface area (Å²) in [5.74, 6) is -0.0432. The molecule has 0 atom stereocenters. The molecule has 3 heterocycles. The van der Waals surface area contributed by atoms with Crippen molar-refractivity contribution in [3.8, 4) is 0 Å². The number of carbonyl (C=O) groups is 2. The number of amides is 2. The van der Waals surface area contributed by atoms with Gasteiger partial charge in [-0.25, -0.2) is 9.98 Å². The van der Waals surface area contributed by atoms with Crippen LogP contribution < -0.4 is 16.0 Å². The number of aromatic nitrogens is 2. The number of nitrogens with zero attached hydrogens (tertiary/aromatic N) is 2. The molecule has 9 heteroatoms. The van der Waals surface area contributed by atoms with Gasteiger partial charge >= 0.3 is 0 Å². The summed E-state index contributed by atoms with van der Waals surface area (Å²) in [7, 11) is 0. The maximum atomic E-state index is 12.3. The lowest BCUT2D eigenvalue weighted by Gasteiger charge is -2.04. The number of rotatable bonds is 4. The van der Waals surface area contributed by atoms with Crippen LogP contribution >= 0.6 is 12.4 Å². The number of guanidine groups is 1. The summed E-state index contributed by atoms with van der Waals surface area (Å²) in [6.45, 7) is 2.00. The number of anilines is 1. The second-order valence-electron chi connectivity index (χ2n) is 6.33. The number of aromatic amines is 1. The van der Waals surface area contributed by atoms with Gasteiger partial charge < -0.3 is 15.6 Å². The molecule has 148 valence electrons. The first-order chi connectivity index (χ1) is 13.6. The highest BCUT2D eigenvalue weighted by molar-refractivity contribution is 6.14.